The first-order valence-electron chi connectivity index (χ1n) is 7.62. The molecule has 1 amide bonds. The summed E-state index contributed by atoms with van der Waals surface area (Å²) in [6.07, 6.45) is 0.433. The van der Waals surface area contributed by atoms with E-state index < -0.39 is 39.0 Å². The molecular formula is C16H16FN3O6S. The van der Waals surface area contributed by atoms with E-state index in [9.17, 15) is 27.7 Å². The third-order valence-corrected chi connectivity index (χ3v) is 4.40. The van der Waals surface area contributed by atoms with Crippen LogP contribution in [0.5, 0.6) is 5.75 Å². The Kier molecular flexibility index (Phi) is 6.42. The van der Waals surface area contributed by atoms with Gasteiger partial charge >= 0.3 is 0 Å². The van der Waals surface area contributed by atoms with Crippen molar-refractivity contribution in [3.63, 3.8) is 0 Å². The van der Waals surface area contributed by atoms with Crippen molar-refractivity contribution < 1.29 is 27.3 Å². The van der Waals surface area contributed by atoms with Gasteiger partial charge in [0.05, 0.1) is 15.9 Å². The second-order valence-corrected chi connectivity index (χ2v) is 7.01. The summed E-state index contributed by atoms with van der Waals surface area (Å²) in [4.78, 5) is 21.5. The number of nitrogens with one attached hydrogen (secondary N) is 1. The van der Waals surface area contributed by atoms with Crippen LogP contribution in [0.15, 0.2) is 47.4 Å². The number of nitro benzene ring substituents is 1. The molecule has 11 heteroatoms. The molecule has 0 radical (unpaired) electrons. The van der Waals surface area contributed by atoms with Crippen molar-refractivity contribution in [2.45, 2.75) is 11.3 Å². The van der Waals surface area contributed by atoms with Gasteiger partial charge in [0.2, 0.25) is 10.0 Å². The lowest BCUT2D eigenvalue weighted by atomic mass is 10.1. The van der Waals surface area contributed by atoms with E-state index in [0.29, 0.717) is 12.5 Å². The van der Waals surface area contributed by atoms with E-state index in [1.165, 1.54) is 12.1 Å². The monoisotopic (exact) mass is 397 g/mol. The number of nitrogens with two attached hydrogens (primary N) is 1. The number of primary sulfonamides is 1. The lowest BCUT2D eigenvalue weighted by Gasteiger charge is -2.08. The van der Waals surface area contributed by atoms with Crippen LogP contribution in [0.2, 0.25) is 0 Å². The van der Waals surface area contributed by atoms with Crippen molar-refractivity contribution in [1.29, 1.82) is 0 Å². The van der Waals surface area contributed by atoms with E-state index in [2.05, 4.69) is 5.32 Å². The third-order valence-electron chi connectivity index (χ3n) is 3.47. The molecule has 2 rings (SSSR count). The van der Waals surface area contributed by atoms with Gasteiger partial charge in [0.1, 0.15) is 0 Å². The van der Waals surface area contributed by atoms with Gasteiger partial charge in [-0.25, -0.2) is 17.9 Å². The van der Waals surface area contributed by atoms with Crippen LogP contribution in [0.25, 0.3) is 0 Å². The van der Waals surface area contributed by atoms with E-state index in [-0.39, 0.29) is 17.2 Å². The summed E-state index contributed by atoms with van der Waals surface area (Å²) in [5, 5.41) is 18.1. The molecule has 0 saturated carbocycles. The molecule has 0 heterocycles. The minimum Gasteiger partial charge on any atom is -0.481 e. The Balaban J connectivity index is 1.79. The van der Waals surface area contributed by atoms with E-state index in [4.69, 9.17) is 9.88 Å². The summed E-state index contributed by atoms with van der Waals surface area (Å²) >= 11 is 0. The van der Waals surface area contributed by atoms with Crippen molar-refractivity contribution in [2.75, 3.05) is 13.2 Å². The first-order chi connectivity index (χ1) is 12.7. The van der Waals surface area contributed by atoms with Crippen LogP contribution >= 0.6 is 0 Å². The number of hydrogen-bond acceptors (Lipinski definition) is 6. The largest absolute Gasteiger partial charge is 0.481 e. The fourth-order valence-corrected chi connectivity index (χ4v) is 2.62. The normalized spacial score (nSPS) is 11.0. The quantitative estimate of drug-likeness (QED) is 0.505. The van der Waals surface area contributed by atoms with Crippen molar-refractivity contribution in [1.82, 2.24) is 5.32 Å². The van der Waals surface area contributed by atoms with Gasteiger partial charge in [-0.1, -0.05) is 12.1 Å². The van der Waals surface area contributed by atoms with Gasteiger partial charge < -0.3 is 10.1 Å². The van der Waals surface area contributed by atoms with E-state index in [1.54, 1.807) is 12.1 Å². The highest BCUT2D eigenvalue weighted by molar-refractivity contribution is 7.89. The van der Waals surface area contributed by atoms with E-state index in [1.807, 2.05) is 0 Å². The van der Waals surface area contributed by atoms with Crippen LogP contribution in [0, 0.1) is 15.9 Å². The molecule has 0 aliphatic rings. The Morgan fingerprint density at radius 1 is 1.22 bits per heavy atom. The smallest absolute Gasteiger partial charge is 0.272 e. The molecule has 9 nitrogen and oxygen atoms in total. The standard InChI is InChI=1S/C16H16FN3O6S/c17-14-9-12(20(22)23)3-6-15(14)26-10-16(21)19-8-7-11-1-4-13(5-2-11)27(18,24)25/h1-6,9H,7-8,10H2,(H,19,21)(H2,18,24,25). The average Bonchev–Trinajstić information content (AvgIpc) is 2.60. The molecule has 3 N–H and O–H groups in total. The molecule has 0 aromatic heterocycles. The topological polar surface area (TPSA) is 142 Å². The Morgan fingerprint density at radius 2 is 1.89 bits per heavy atom. The Hall–Kier alpha value is -3.05. The number of rotatable bonds is 8. The SMILES string of the molecule is NS(=O)(=O)c1ccc(CCNC(=O)COc2ccc([N+](=O)[O-])cc2F)cc1. The molecule has 144 valence electrons. The number of halogens is 1. The molecule has 0 aliphatic carbocycles. The van der Waals surface area contributed by atoms with Gasteiger partial charge in [-0.2, -0.15) is 0 Å². The molecule has 0 aliphatic heterocycles. The van der Waals surface area contributed by atoms with Gasteiger partial charge in [-0.05, 0) is 30.2 Å². The summed E-state index contributed by atoms with van der Waals surface area (Å²) in [6.45, 7) is -0.210. The Bertz CT molecular complexity index is 947. The zero-order valence-corrected chi connectivity index (χ0v) is 14.7. The highest BCUT2D eigenvalue weighted by Crippen LogP contribution is 2.22. The average molecular weight is 397 g/mol. The highest BCUT2D eigenvalue weighted by atomic mass is 32.2. The van der Waals surface area contributed by atoms with Crippen LogP contribution in [0.4, 0.5) is 10.1 Å². The number of carbonyl (C=O) groups excluding carboxylic acids is 1. The zero-order valence-electron chi connectivity index (χ0n) is 13.9. The minimum atomic E-state index is -3.75. The van der Waals surface area contributed by atoms with Crippen LogP contribution < -0.4 is 15.2 Å². The van der Waals surface area contributed by atoms with Crippen LogP contribution in [-0.4, -0.2) is 32.4 Å². The first-order valence-corrected chi connectivity index (χ1v) is 9.16. The molecule has 2 aromatic carbocycles. The number of ether oxygens (including phenoxy) is 1. The summed E-state index contributed by atoms with van der Waals surface area (Å²) in [5.41, 5.74) is 0.364. The predicted octanol–water partition coefficient (Wildman–Crippen LogP) is 1.12. The minimum absolute atomic E-state index is 0.00573. The highest BCUT2D eigenvalue weighted by Gasteiger charge is 2.13. The van der Waals surface area contributed by atoms with Crippen molar-refractivity contribution in [3.8, 4) is 5.75 Å². The molecule has 0 spiro atoms. The van der Waals surface area contributed by atoms with E-state index >= 15 is 0 Å². The van der Waals surface area contributed by atoms with Gasteiger partial charge in [-0.3, -0.25) is 14.9 Å². The molecule has 2 aromatic rings. The maximum Gasteiger partial charge on any atom is 0.272 e. The second-order valence-electron chi connectivity index (χ2n) is 5.45. The molecule has 0 saturated heterocycles. The zero-order chi connectivity index (χ0) is 20.0. The van der Waals surface area contributed by atoms with Crippen LogP contribution in [0.3, 0.4) is 0 Å². The summed E-state index contributed by atoms with van der Waals surface area (Å²) in [7, 11) is -3.75. The molecule has 27 heavy (non-hydrogen) atoms. The number of carbonyl (C=O) groups is 1. The van der Waals surface area contributed by atoms with Gasteiger partial charge in [0.25, 0.3) is 11.6 Å². The van der Waals surface area contributed by atoms with Gasteiger partial charge in [0.15, 0.2) is 18.2 Å². The Morgan fingerprint density at radius 3 is 2.44 bits per heavy atom. The Labute approximate surface area is 154 Å². The summed E-state index contributed by atoms with van der Waals surface area (Å²) in [6, 6.07) is 8.75. The van der Waals surface area contributed by atoms with Crippen LogP contribution in [0.1, 0.15) is 5.56 Å². The summed E-state index contributed by atoms with van der Waals surface area (Å²) < 4.78 is 41.0. The van der Waals surface area contributed by atoms with E-state index in [0.717, 1.165) is 17.7 Å². The predicted molar refractivity (Wildman–Crippen MR) is 93.1 cm³/mol. The number of sulfonamides is 1. The van der Waals surface area contributed by atoms with Crippen LogP contribution in [-0.2, 0) is 21.2 Å². The number of benzene rings is 2. The maximum atomic E-state index is 13.6. The lowest BCUT2D eigenvalue weighted by molar-refractivity contribution is -0.385. The number of amides is 1. The third kappa shape index (κ3) is 6.01. The molecular weight excluding hydrogens is 381 g/mol. The van der Waals surface area contributed by atoms with Crippen molar-refractivity contribution >= 4 is 21.6 Å². The molecule has 0 fully saturated rings. The molecule has 0 bridgehead atoms. The number of hydrogen-bond donors (Lipinski definition) is 2. The molecule has 0 unspecified atom stereocenters. The summed E-state index contributed by atoms with van der Waals surface area (Å²) in [5.74, 6) is -1.71. The fraction of sp³-hybridized carbons (Fsp3) is 0.188. The lowest BCUT2D eigenvalue weighted by Crippen LogP contribution is -2.30. The van der Waals surface area contributed by atoms with Gasteiger partial charge in [-0.15, -0.1) is 0 Å². The first kappa shape index (κ1) is 20.3. The van der Waals surface area contributed by atoms with Crippen molar-refractivity contribution in [2.24, 2.45) is 5.14 Å². The number of nitro groups is 1. The maximum absolute atomic E-state index is 13.6. The fourth-order valence-electron chi connectivity index (χ4n) is 2.11. The van der Waals surface area contributed by atoms with Gasteiger partial charge in [0, 0.05) is 12.6 Å². The number of nitrogens with zero attached hydrogens (tertiary/aromatic N) is 1. The number of non-ortho nitro benzene ring substituents is 1. The van der Waals surface area contributed by atoms with Crippen molar-refractivity contribution in [3.05, 3.63) is 64.0 Å². The molecule has 0 atom stereocenters. The second kappa shape index (κ2) is 8.56.